The van der Waals surface area contributed by atoms with Gasteiger partial charge in [-0.05, 0) is 224 Å². The van der Waals surface area contributed by atoms with Gasteiger partial charge in [0.2, 0.25) is 0 Å². The summed E-state index contributed by atoms with van der Waals surface area (Å²) in [4.78, 5) is 40.0. The average molecular weight is 1500 g/mol. The number of carboxylic acids is 1. The Balaban J connectivity index is 0.000000286. The Morgan fingerprint density at radius 3 is 1.14 bits per heavy atom. The van der Waals surface area contributed by atoms with Crippen molar-refractivity contribution in [3.05, 3.63) is 236 Å². The van der Waals surface area contributed by atoms with Crippen LogP contribution in [0.25, 0.3) is 0 Å². The van der Waals surface area contributed by atoms with Gasteiger partial charge >= 0.3 is 11.9 Å². The second-order valence-electron chi connectivity index (χ2n) is 30.2. The fraction of sp³-hybridized carbons (Fsp3) is 0.469. The van der Waals surface area contributed by atoms with Gasteiger partial charge < -0.3 is 38.8 Å². The molecule has 2 saturated heterocycles. The second kappa shape index (κ2) is 49.8. The Morgan fingerprint density at radius 2 is 0.811 bits per heavy atom. The van der Waals surface area contributed by atoms with Crippen molar-refractivity contribution in [3.8, 4) is 47.4 Å². The number of pyridine rings is 1. The molecule has 1 aromatic heterocycles. The van der Waals surface area contributed by atoms with Crippen molar-refractivity contribution < 1.29 is 46.3 Å². The van der Waals surface area contributed by atoms with Gasteiger partial charge in [0.1, 0.15) is 18.8 Å². The van der Waals surface area contributed by atoms with E-state index in [2.05, 4.69) is 157 Å². The Labute approximate surface area is 668 Å². The molecular formula is C98H126N4O9. The molecule has 2 unspecified atom stereocenters. The molecule has 2 N–H and O–H groups in total. The normalized spacial score (nSPS) is 15.8. The lowest BCUT2D eigenvalue weighted by Gasteiger charge is -2.17. The van der Waals surface area contributed by atoms with Crippen molar-refractivity contribution in [1.82, 2.24) is 4.98 Å². The second-order valence-corrected chi connectivity index (χ2v) is 30.2. The van der Waals surface area contributed by atoms with Crippen LogP contribution in [-0.4, -0.2) is 110 Å². The number of ether oxygens (including phenoxy) is 5. The molecule has 3 heterocycles. The Morgan fingerprint density at radius 1 is 0.468 bits per heavy atom. The number of esters is 1. The average Bonchev–Trinajstić information content (AvgIpc) is 1.61. The van der Waals surface area contributed by atoms with Gasteiger partial charge in [-0.1, -0.05) is 213 Å². The first-order valence-electron chi connectivity index (χ1n) is 40.9. The monoisotopic (exact) mass is 1500 g/mol. The van der Waals surface area contributed by atoms with Crippen LogP contribution in [0.2, 0.25) is 0 Å². The molecule has 13 nitrogen and oxygen atoms in total. The van der Waals surface area contributed by atoms with Crippen LogP contribution in [0.3, 0.4) is 0 Å². The van der Waals surface area contributed by atoms with E-state index in [9.17, 15) is 14.7 Å². The third kappa shape index (κ3) is 34.8. The lowest BCUT2D eigenvalue weighted by molar-refractivity contribution is -0.143. The molecule has 4 fully saturated rings. The van der Waals surface area contributed by atoms with E-state index in [4.69, 9.17) is 28.8 Å². The SMILES string of the molecule is C(=NC1CCCCC1)=NC1CCCCC1.CC1(C)OCC(CO)O1.CCCCCc1ccc(C#Cc2ccc(C#Cc3ccc(CCCCC)cc3)c(C(=O)O)c2)cc1.CCCCCc1ccc(C#Cc2ccc(C#Cc3ccc(CCCCC)cc3)c(C(=O)OCC3COC(C)(C)O3)c2)cc1.CN(C)c1ccncc1.[HH].[HH]. The van der Waals surface area contributed by atoms with Crippen molar-refractivity contribution in [3.63, 3.8) is 0 Å². The molecule has 4 aliphatic rings. The highest BCUT2D eigenvalue weighted by molar-refractivity contribution is 5.93. The number of aromatic carboxylic acids is 1. The molecule has 2 aliphatic carbocycles. The first kappa shape index (κ1) is 88.8. The number of anilines is 1. The molecule has 11 rings (SSSR count). The van der Waals surface area contributed by atoms with E-state index >= 15 is 0 Å². The highest BCUT2D eigenvalue weighted by atomic mass is 16.8. The molecule has 0 radical (unpaired) electrons. The summed E-state index contributed by atoms with van der Waals surface area (Å²) in [7, 11) is 4.02. The summed E-state index contributed by atoms with van der Waals surface area (Å²) < 4.78 is 27.5. The molecule has 13 heteroatoms. The van der Waals surface area contributed by atoms with E-state index < -0.39 is 23.5 Å². The number of benzene rings is 6. The molecule has 0 spiro atoms. The van der Waals surface area contributed by atoms with Gasteiger partial charge in [0.25, 0.3) is 0 Å². The number of carboxylic acid groups (broad SMARTS) is 1. The van der Waals surface area contributed by atoms with E-state index in [1.807, 2.05) is 113 Å². The van der Waals surface area contributed by atoms with Gasteiger partial charge in [0.05, 0.1) is 49.0 Å². The quantitative estimate of drug-likeness (QED) is 0.0256. The van der Waals surface area contributed by atoms with Crippen molar-refractivity contribution >= 4 is 23.6 Å². The fourth-order valence-corrected chi connectivity index (χ4v) is 12.9. The smallest absolute Gasteiger partial charge is 0.339 e. The number of unbranched alkanes of at least 4 members (excludes halogenated alkanes) is 8. The number of nitrogens with zero attached hydrogens (tertiary/aromatic N) is 4. The predicted octanol–water partition coefficient (Wildman–Crippen LogP) is 21.5. The van der Waals surface area contributed by atoms with Gasteiger partial charge in [-0.3, -0.25) is 4.98 Å². The van der Waals surface area contributed by atoms with Crippen molar-refractivity contribution in [2.24, 2.45) is 9.98 Å². The summed E-state index contributed by atoms with van der Waals surface area (Å²) in [5.41, 5.74) is 13.1. The van der Waals surface area contributed by atoms with Gasteiger partial charge in [-0.15, -0.1) is 0 Å². The van der Waals surface area contributed by atoms with E-state index in [1.54, 1.807) is 30.6 Å². The number of aryl methyl sites for hydroxylation is 4. The minimum Gasteiger partial charge on any atom is -0.478 e. The van der Waals surface area contributed by atoms with Crippen LogP contribution in [0.4, 0.5) is 5.69 Å². The minimum atomic E-state index is -0.999. The van der Waals surface area contributed by atoms with E-state index in [1.165, 1.54) is 169 Å². The van der Waals surface area contributed by atoms with E-state index in [0.29, 0.717) is 47.6 Å². The molecule has 0 amide bonds. The van der Waals surface area contributed by atoms with Crippen LogP contribution in [0.1, 0.15) is 287 Å². The number of rotatable bonds is 24. The number of aliphatic hydroxyl groups excluding tert-OH is 1. The predicted molar refractivity (Wildman–Crippen MR) is 456 cm³/mol. The zero-order valence-corrected chi connectivity index (χ0v) is 68.1. The molecule has 2 saturated carbocycles. The summed E-state index contributed by atoms with van der Waals surface area (Å²) in [6, 6.07) is 52.0. The fourth-order valence-electron chi connectivity index (χ4n) is 12.9. The summed E-state index contributed by atoms with van der Waals surface area (Å²) in [6.07, 6.45) is 35.3. The maximum atomic E-state index is 13.3. The number of hydrogen-bond acceptors (Lipinski definition) is 12. The van der Waals surface area contributed by atoms with Gasteiger partial charge in [-0.2, -0.15) is 0 Å². The van der Waals surface area contributed by atoms with Crippen LogP contribution < -0.4 is 4.90 Å². The number of aliphatic hydroxyl groups is 1. The highest BCUT2D eigenvalue weighted by Crippen LogP contribution is 2.26. The van der Waals surface area contributed by atoms with Gasteiger partial charge in [0.15, 0.2) is 11.6 Å². The van der Waals surface area contributed by atoms with E-state index in [-0.39, 0.29) is 33.8 Å². The van der Waals surface area contributed by atoms with E-state index in [0.717, 1.165) is 53.5 Å². The maximum Gasteiger partial charge on any atom is 0.339 e. The standard InChI is InChI=1S/C39H44O4.C33H34O2.C13H22N2.C7H10N2.C6H12O3.2H2/c1-5-7-9-11-30-13-17-32(18-14-30)21-22-34-24-26-35(25-23-33-19-15-31(16-20-33)12-10-8-6-2)37(27-34)38(40)41-28-36-29-42-39(3,4)43-36;1-3-5-7-9-26-11-15-28(16-12-26)19-20-30-22-24-31(32(25-30)33(34)35)23-21-29-17-13-27(14-18-29)10-8-6-4-2;1-3-7-12(8-4-1)14-11-15-13-9-5-2-6-10-13;1-9(2)7-3-5-8-6-4-7;1-6(2)8-4-5(3-7)9-6;;/h13-20,24,26-27,36H,5-12,28-29H2,1-4H3;11-18,22,24-25H,3-10H2,1-2H3,(H,34,35);12-13H,1-10H2;3-6H,1-2H3;5,7H,3-4H2,1-2H3;2*1H. The number of carbonyl (C=O) groups excluding carboxylic acids is 1. The largest absolute Gasteiger partial charge is 0.478 e. The summed E-state index contributed by atoms with van der Waals surface area (Å²) >= 11 is 0. The molecule has 7 aromatic rings. The highest BCUT2D eigenvalue weighted by Gasteiger charge is 2.34. The van der Waals surface area contributed by atoms with Crippen LogP contribution in [0, 0.1) is 47.4 Å². The lowest BCUT2D eigenvalue weighted by atomic mass is 9.96. The molecular weight excluding hydrogens is 1380 g/mol. The Bertz CT molecular complexity index is 4230. The summed E-state index contributed by atoms with van der Waals surface area (Å²) in [5.74, 6) is 22.6. The third-order valence-corrected chi connectivity index (χ3v) is 19.5. The van der Waals surface area contributed by atoms with Crippen LogP contribution in [0.15, 0.2) is 168 Å². The first-order valence-corrected chi connectivity index (χ1v) is 40.9. The van der Waals surface area contributed by atoms with Gasteiger partial charge in [0, 0.05) is 79.5 Å². The van der Waals surface area contributed by atoms with Crippen molar-refractivity contribution in [2.45, 2.75) is 258 Å². The Hall–Kier alpha value is -9.37. The molecule has 111 heavy (non-hydrogen) atoms. The molecule has 0 bridgehead atoms. The van der Waals surface area contributed by atoms with Crippen molar-refractivity contribution in [1.29, 1.82) is 0 Å². The van der Waals surface area contributed by atoms with Crippen LogP contribution in [-0.2, 0) is 49.4 Å². The lowest BCUT2D eigenvalue weighted by Crippen LogP contribution is -2.25. The maximum absolute atomic E-state index is 13.3. The Kier molecular flexibility index (Phi) is 39.9. The minimum absolute atomic E-state index is 0. The first-order chi connectivity index (χ1) is 53.8. The zero-order chi connectivity index (χ0) is 79.3. The molecule has 6 aromatic carbocycles. The zero-order valence-electron chi connectivity index (χ0n) is 68.1. The van der Waals surface area contributed by atoms with Crippen LogP contribution >= 0.6 is 0 Å². The summed E-state index contributed by atoms with van der Waals surface area (Å²) in [5, 5.41) is 18.3. The number of aliphatic imine (C=N–C) groups is 2. The number of carbonyl (C=O) groups is 2. The molecule has 592 valence electrons. The molecule has 2 aliphatic heterocycles. The van der Waals surface area contributed by atoms with Gasteiger partial charge in [-0.25, -0.2) is 19.6 Å². The summed E-state index contributed by atoms with van der Waals surface area (Å²) in [6.45, 7) is 17.3. The number of hydrogen-bond donors (Lipinski definition) is 2. The van der Waals surface area contributed by atoms with Crippen LogP contribution in [0.5, 0.6) is 0 Å². The molecule has 2 atom stereocenters. The number of aromatic nitrogens is 1. The topological polar surface area (TPSA) is 162 Å². The third-order valence-electron chi connectivity index (χ3n) is 19.5. The van der Waals surface area contributed by atoms with Crippen molar-refractivity contribution in [2.75, 3.05) is 45.4 Å².